The largest absolute Gasteiger partial charge is 0.495 e. The van der Waals surface area contributed by atoms with Gasteiger partial charge in [-0.05, 0) is 18.2 Å². The molecule has 0 aliphatic rings. The summed E-state index contributed by atoms with van der Waals surface area (Å²) in [5.41, 5.74) is 0.754. The average molecular weight is 499 g/mol. The van der Waals surface area contributed by atoms with Gasteiger partial charge in [0.15, 0.2) is 4.34 Å². The van der Waals surface area contributed by atoms with Crippen LogP contribution in [-0.2, 0) is 4.79 Å². The van der Waals surface area contributed by atoms with E-state index in [2.05, 4.69) is 20.8 Å². The molecule has 0 radical (unpaired) electrons. The number of methoxy groups -OCH3 is 2. The van der Waals surface area contributed by atoms with E-state index >= 15 is 0 Å². The first-order valence-corrected chi connectivity index (χ1v) is 11.2. The zero-order chi connectivity index (χ0) is 22.4. The molecule has 0 saturated heterocycles. The van der Waals surface area contributed by atoms with Crippen molar-refractivity contribution in [2.24, 2.45) is 0 Å². The van der Waals surface area contributed by atoms with Crippen molar-refractivity contribution in [2.45, 2.75) is 4.34 Å². The van der Waals surface area contributed by atoms with Crippen LogP contribution >= 0.6 is 46.3 Å². The number of nitrogens with one attached hydrogen (secondary N) is 2. The summed E-state index contributed by atoms with van der Waals surface area (Å²) in [6.07, 6.45) is 0. The molecule has 0 bridgehead atoms. The van der Waals surface area contributed by atoms with E-state index in [9.17, 15) is 9.59 Å². The van der Waals surface area contributed by atoms with Crippen LogP contribution in [0, 0.1) is 0 Å². The van der Waals surface area contributed by atoms with E-state index in [1.807, 2.05) is 0 Å². The third kappa shape index (κ3) is 6.01. The average Bonchev–Trinajstić information content (AvgIpc) is 3.20. The van der Waals surface area contributed by atoms with Gasteiger partial charge >= 0.3 is 0 Å². The number of hydrogen-bond acceptors (Lipinski definition) is 8. The van der Waals surface area contributed by atoms with Gasteiger partial charge in [-0.2, -0.15) is 0 Å². The fourth-order valence-corrected chi connectivity index (χ4v) is 4.41. The molecule has 2 aromatic carbocycles. The molecule has 0 aliphatic carbocycles. The number of hydrogen-bond donors (Lipinski definition) is 2. The zero-order valence-electron chi connectivity index (χ0n) is 16.3. The van der Waals surface area contributed by atoms with Crippen molar-refractivity contribution in [3.8, 4) is 11.5 Å². The number of anilines is 2. The van der Waals surface area contributed by atoms with Gasteiger partial charge in [-0.25, -0.2) is 0 Å². The predicted octanol–water partition coefficient (Wildman–Crippen LogP) is 4.85. The number of carbonyl (C=O) groups is 2. The van der Waals surface area contributed by atoms with Gasteiger partial charge in [-0.1, -0.05) is 58.4 Å². The highest BCUT2D eigenvalue weighted by Gasteiger charge is 2.15. The van der Waals surface area contributed by atoms with E-state index in [-0.39, 0.29) is 17.6 Å². The van der Waals surface area contributed by atoms with Gasteiger partial charge < -0.3 is 14.8 Å². The maximum Gasteiger partial charge on any atom is 0.259 e. The highest BCUT2D eigenvalue weighted by molar-refractivity contribution is 8.01. The Kier molecular flexibility index (Phi) is 7.97. The minimum Gasteiger partial charge on any atom is -0.495 e. The summed E-state index contributed by atoms with van der Waals surface area (Å²) in [6, 6.07) is 9.82. The topological polar surface area (TPSA) is 102 Å². The smallest absolute Gasteiger partial charge is 0.259 e. The van der Waals surface area contributed by atoms with Crippen molar-refractivity contribution in [1.29, 1.82) is 0 Å². The number of halogens is 2. The molecule has 0 fully saturated rings. The first-order valence-electron chi connectivity index (χ1n) is 8.64. The fraction of sp³-hybridized carbons (Fsp3) is 0.158. The Bertz CT molecular complexity index is 1110. The SMILES string of the molecule is COc1cc(OC)c(NC(=O)CSc2nnc(NC(=O)c3ccccc3Cl)s2)cc1Cl. The van der Waals surface area contributed by atoms with E-state index in [0.29, 0.717) is 42.3 Å². The third-order valence-corrected chi connectivity index (χ3v) is 6.42. The molecule has 0 aliphatic heterocycles. The summed E-state index contributed by atoms with van der Waals surface area (Å²) in [4.78, 5) is 24.6. The molecular weight excluding hydrogens is 483 g/mol. The number of amides is 2. The number of ether oxygens (including phenoxy) is 2. The number of rotatable bonds is 8. The van der Waals surface area contributed by atoms with Crippen LogP contribution in [0.1, 0.15) is 10.4 Å². The van der Waals surface area contributed by atoms with Crippen LogP contribution in [0.2, 0.25) is 10.0 Å². The van der Waals surface area contributed by atoms with E-state index in [1.54, 1.807) is 36.4 Å². The highest BCUT2D eigenvalue weighted by atomic mass is 35.5. The van der Waals surface area contributed by atoms with Crippen LogP contribution in [0.15, 0.2) is 40.7 Å². The zero-order valence-corrected chi connectivity index (χ0v) is 19.4. The van der Waals surface area contributed by atoms with E-state index in [4.69, 9.17) is 32.7 Å². The molecule has 2 N–H and O–H groups in total. The van der Waals surface area contributed by atoms with Crippen molar-refractivity contribution in [3.63, 3.8) is 0 Å². The Morgan fingerprint density at radius 3 is 2.48 bits per heavy atom. The van der Waals surface area contributed by atoms with Gasteiger partial charge in [0, 0.05) is 6.07 Å². The number of aromatic nitrogens is 2. The van der Waals surface area contributed by atoms with Crippen LogP contribution in [0.4, 0.5) is 10.8 Å². The Hall–Kier alpha value is -2.53. The summed E-state index contributed by atoms with van der Waals surface area (Å²) in [5.74, 6) is 0.243. The predicted molar refractivity (Wildman–Crippen MR) is 123 cm³/mol. The van der Waals surface area contributed by atoms with Crippen LogP contribution in [0.5, 0.6) is 11.5 Å². The lowest BCUT2D eigenvalue weighted by atomic mass is 10.2. The molecule has 1 heterocycles. The molecule has 0 atom stereocenters. The summed E-state index contributed by atoms with van der Waals surface area (Å²) in [6.45, 7) is 0. The van der Waals surface area contributed by atoms with Crippen LogP contribution < -0.4 is 20.1 Å². The number of thioether (sulfide) groups is 1. The van der Waals surface area contributed by atoms with Gasteiger partial charge in [-0.15, -0.1) is 10.2 Å². The second kappa shape index (κ2) is 10.7. The van der Waals surface area contributed by atoms with Crippen molar-refractivity contribution >= 4 is 68.9 Å². The van der Waals surface area contributed by atoms with Gasteiger partial charge in [-0.3, -0.25) is 14.9 Å². The van der Waals surface area contributed by atoms with Gasteiger partial charge in [0.05, 0.1) is 41.3 Å². The molecule has 162 valence electrons. The summed E-state index contributed by atoms with van der Waals surface area (Å²) in [5, 5.41) is 14.3. The standard InChI is InChI=1S/C19H16Cl2N4O4S2/c1-28-14-8-15(29-2)13(7-12(14)21)22-16(26)9-30-19-25-24-18(31-19)23-17(27)10-5-3-4-6-11(10)20/h3-8H,9H2,1-2H3,(H,22,26)(H,23,24,27). The molecule has 8 nitrogen and oxygen atoms in total. The van der Waals surface area contributed by atoms with Crippen molar-refractivity contribution in [1.82, 2.24) is 10.2 Å². The maximum atomic E-state index is 12.3. The van der Waals surface area contributed by atoms with Gasteiger partial charge in [0.1, 0.15) is 11.5 Å². The Labute approximate surface area is 196 Å². The molecule has 2 amide bonds. The number of nitrogens with zero attached hydrogens (tertiary/aromatic N) is 2. The number of carbonyl (C=O) groups excluding carboxylic acids is 2. The quantitative estimate of drug-likeness (QED) is 0.338. The van der Waals surface area contributed by atoms with Crippen LogP contribution in [-0.4, -0.2) is 42.0 Å². The monoisotopic (exact) mass is 498 g/mol. The van der Waals surface area contributed by atoms with Crippen LogP contribution in [0.25, 0.3) is 0 Å². The lowest BCUT2D eigenvalue weighted by molar-refractivity contribution is -0.113. The highest BCUT2D eigenvalue weighted by Crippen LogP contribution is 2.36. The molecular formula is C19H16Cl2N4O4S2. The fourth-order valence-electron chi connectivity index (χ4n) is 2.40. The minimum absolute atomic E-state index is 0.0693. The van der Waals surface area contributed by atoms with Crippen molar-refractivity contribution in [2.75, 3.05) is 30.6 Å². The molecule has 0 spiro atoms. The molecule has 3 aromatic rings. The molecule has 3 rings (SSSR count). The summed E-state index contributed by atoms with van der Waals surface area (Å²) in [7, 11) is 2.97. The Morgan fingerprint density at radius 2 is 1.77 bits per heavy atom. The molecule has 1 aromatic heterocycles. The minimum atomic E-state index is -0.389. The first kappa shape index (κ1) is 23.1. The normalized spacial score (nSPS) is 10.5. The van der Waals surface area contributed by atoms with Crippen LogP contribution in [0.3, 0.4) is 0 Å². The summed E-state index contributed by atoms with van der Waals surface area (Å²) < 4.78 is 10.9. The Morgan fingerprint density at radius 1 is 1.03 bits per heavy atom. The molecule has 31 heavy (non-hydrogen) atoms. The van der Waals surface area contributed by atoms with E-state index in [1.165, 1.54) is 26.0 Å². The van der Waals surface area contributed by atoms with Gasteiger partial charge in [0.2, 0.25) is 11.0 Å². The summed E-state index contributed by atoms with van der Waals surface area (Å²) >= 11 is 14.5. The molecule has 12 heteroatoms. The van der Waals surface area contributed by atoms with Crippen molar-refractivity contribution < 1.29 is 19.1 Å². The maximum absolute atomic E-state index is 12.3. The van der Waals surface area contributed by atoms with Gasteiger partial charge in [0.25, 0.3) is 5.91 Å². The van der Waals surface area contributed by atoms with E-state index < -0.39 is 0 Å². The van der Waals surface area contributed by atoms with E-state index in [0.717, 1.165) is 11.3 Å². The Balaban J connectivity index is 1.57. The first-order chi connectivity index (χ1) is 14.9. The second-order valence-corrected chi connectivity index (χ2v) is 8.85. The molecule has 0 unspecified atom stereocenters. The third-order valence-electron chi connectivity index (χ3n) is 3.82. The van der Waals surface area contributed by atoms with Crippen molar-refractivity contribution in [3.05, 3.63) is 52.0 Å². The lowest BCUT2D eigenvalue weighted by Crippen LogP contribution is -2.14. The number of benzene rings is 2. The molecule has 0 saturated carbocycles. The lowest BCUT2D eigenvalue weighted by Gasteiger charge is -2.12. The second-order valence-electron chi connectivity index (χ2n) is 5.83.